The lowest BCUT2D eigenvalue weighted by Crippen LogP contribution is -2.35. The molecule has 0 aliphatic rings. The number of rotatable bonds is 6. The first-order valence-corrected chi connectivity index (χ1v) is 6.74. The molecule has 108 valence electrons. The number of hydrogen-bond donors (Lipinski definition) is 0. The quantitative estimate of drug-likeness (QED) is 0.599. The first-order chi connectivity index (χ1) is 9.58. The summed E-state index contributed by atoms with van der Waals surface area (Å²) in [5.74, 6) is -0.671. The summed E-state index contributed by atoms with van der Waals surface area (Å²) < 4.78 is 4.58. The van der Waals surface area contributed by atoms with Crippen LogP contribution >= 0.6 is 11.6 Å². The van der Waals surface area contributed by atoms with E-state index < -0.39 is 5.97 Å². The fourth-order valence-corrected chi connectivity index (χ4v) is 1.83. The minimum Gasteiger partial charge on any atom is -0.468 e. The van der Waals surface area contributed by atoms with Crippen LogP contribution in [0.4, 0.5) is 0 Å². The summed E-state index contributed by atoms with van der Waals surface area (Å²) in [5, 5.41) is 0.576. The van der Waals surface area contributed by atoms with Crippen molar-refractivity contribution in [3.8, 4) is 0 Å². The molecule has 1 amide bonds. The normalized spacial score (nSPS) is 10.6. The zero-order chi connectivity index (χ0) is 15.0. The van der Waals surface area contributed by atoms with Gasteiger partial charge in [-0.15, -0.1) is 0 Å². The maximum absolute atomic E-state index is 12.1. The van der Waals surface area contributed by atoms with Crippen molar-refractivity contribution in [2.24, 2.45) is 0 Å². The molecule has 0 aromatic heterocycles. The third-order valence-electron chi connectivity index (χ3n) is 2.66. The monoisotopic (exact) mass is 295 g/mol. The lowest BCUT2D eigenvalue weighted by atomic mass is 10.2. The highest BCUT2D eigenvalue weighted by Gasteiger charge is 2.14. The Hall–Kier alpha value is -1.81. The average molecular weight is 296 g/mol. The number of carbonyl (C=O) groups is 2. The van der Waals surface area contributed by atoms with Crippen LogP contribution in [-0.2, 0) is 14.3 Å². The van der Waals surface area contributed by atoms with E-state index in [-0.39, 0.29) is 12.5 Å². The van der Waals surface area contributed by atoms with E-state index in [4.69, 9.17) is 11.6 Å². The highest BCUT2D eigenvalue weighted by atomic mass is 35.5. The Labute approximate surface area is 124 Å². The number of hydrogen-bond acceptors (Lipinski definition) is 3. The second-order valence-corrected chi connectivity index (χ2v) is 4.60. The summed E-state index contributed by atoms with van der Waals surface area (Å²) in [6.07, 6.45) is 3.83. The van der Waals surface area contributed by atoms with Crippen LogP contribution in [0.3, 0.4) is 0 Å². The molecule has 0 fully saturated rings. The van der Waals surface area contributed by atoms with E-state index in [0.717, 1.165) is 12.0 Å². The number of halogens is 1. The maximum atomic E-state index is 12.1. The molecule has 1 aromatic rings. The van der Waals surface area contributed by atoms with Gasteiger partial charge in [0.15, 0.2) is 0 Å². The Bertz CT molecular complexity index is 500. The lowest BCUT2D eigenvalue weighted by molar-refractivity contribution is -0.145. The van der Waals surface area contributed by atoms with Gasteiger partial charge in [0.05, 0.1) is 7.11 Å². The van der Waals surface area contributed by atoms with E-state index in [1.54, 1.807) is 12.1 Å². The number of methoxy groups -OCH3 is 1. The van der Waals surface area contributed by atoms with Crippen molar-refractivity contribution in [1.29, 1.82) is 0 Å². The number of benzene rings is 1. The maximum Gasteiger partial charge on any atom is 0.325 e. The first-order valence-electron chi connectivity index (χ1n) is 6.36. The van der Waals surface area contributed by atoms with Crippen molar-refractivity contribution in [3.05, 3.63) is 40.9 Å². The van der Waals surface area contributed by atoms with Crippen LogP contribution in [0.5, 0.6) is 0 Å². The molecular weight excluding hydrogens is 278 g/mol. The minimum absolute atomic E-state index is 0.0456. The third kappa shape index (κ3) is 5.05. The van der Waals surface area contributed by atoms with E-state index in [9.17, 15) is 9.59 Å². The van der Waals surface area contributed by atoms with Crippen LogP contribution in [0.1, 0.15) is 18.9 Å². The molecule has 0 aliphatic heterocycles. The standard InChI is InChI=1S/C15H18ClNO3/c1-3-10-17(11-15(19)20-2)14(18)9-8-12-6-4-5-7-13(12)16/h4-9H,3,10-11H2,1-2H3. The Morgan fingerprint density at radius 2 is 2.05 bits per heavy atom. The molecule has 0 saturated carbocycles. The average Bonchev–Trinajstić information content (AvgIpc) is 2.45. The molecule has 1 rings (SSSR count). The smallest absolute Gasteiger partial charge is 0.325 e. The second kappa shape index (κ2) is 8.38. The van der Waals surface area contributed by atoms with Crippen molar-refractivity contribution in [2.45, 2.75) is 13.3 Å². The SMILES string of the molecule is CCCN(CC(=O)OC)C(=O)C=Cc1ccccc1Cl. The largest absolute Gasteiger partial charge is 0.468 e. The molecule has 5 heteroatoms. The predicted octanol–water partition coefficient (Wildman–Crippen LogP) is 2.76. The lowest BCUT2D eigenvalue weighted by Gasteiger charge is -2.18. The molecule has 20 heavy (non-hydrogen) atoms. The molecule has 0 N–H and O–H groups in total. The highest BCUT2D eigenvalue weighted by molar-refractivity contribution is 6.32. The van der Waals surface area contributed by atoms with Crippen molar-refractivity contribution in [1.82, 2.24) is 4.90 Å². The second-order valence-electron chi connectivity index (χ2n) is 4.19. The van der Waals surface area contributed by atoms with E-state index in [1.165, 1.54) is 18.1 Å². The summed E-state index contributed by atoms with van der Waals surface area (Å²) in [4.78, 5) is 24.8. The molecule has 0 unspecified atom stereocenters. The Kier molecular flexibility index (Phi) is 6.81. The Morgan fingerprint density at radius 3 is 2.65 bits per heavy atom. The molecule has 0 bridgehead atoms. The number of nitrogens with zero attached hydrogens (tertiary/aromatic N) is 1. The van der Waals surface area contributed by atoms with Gasteiger partial charge < -0.3 is 9.64 Å². The topological polar surface area (TPSA) is 46.6 Å². The van der Waals surface area contributed by atoms with Crippen LogP contribution in [0.25, 0.3) is 6.08 Å². The van der Waals surface area contributed by atoms with Crippen LogP contribution in [0, 0.1) is 0 Å². The Morgan fingerprint density at radius 1 is 1.35 bits per heavy atom. The summed E-state index contributed by atoms with van der Waals surface area (Å²) in [7, 11) is 1.30. The molecule has 0 atom stereocenters. The van der Waals surface area contributed by atoms with Crippen LogP contribution in [0.15, 0.2) is 30.3 Å². The van der Waals surface area contributed by atoms with Gasteiger partial charge in [-0.05, 0) is 24.1 Å². The van der Waals surface area contributed by atoms with Gasteiger partial charge >= 0.3 is 5.97 Å². The molecule has 0 spiro atoms. The van der Waals surface area contributed by atoms with E-state index in [0.29, 0.717) is 11.6 Å². The van der Waals surface area contributed by atoms with Gasteiger partial charge in [0, 0.05) is 17.6 Å². The van der Waals surface area contributed by atoms with Crippen molar-refractivity contribution >= 4 is 29.6 Å². The van der Waals surface area contributed by atoms with Crippen molar-refractivity contribution in [3.63, 3.8) is 0 Å². The van der Waals surface area contributed by atoms with Gasteiger partial charge in [-0.25, -0.2) is 0 Å². The predicted molar refractivity (Wildman–Crippen MR) is 79.4 cm³/mol. The van der Waals surface area contributed by atoms with E-state index in [1.807, 2.05) is 25.1 Å². The van der Waals surface area contributed by atoms with Gasteiger partial charge in [0.1, 0.15) is 6.54 Å². The van der Waals surface area contributed by atoms with E-state index in [2.05, 4.69) is 4.74 Å². The molecular formula is C15H18ClNO3. The third-order valence-corrected chi connectivity index (χ3v) is 3.01. The number of ether oxygens (including phenoxy) is 1. The van der Waals surface area contributed by atoms with Gasteiger partial charge in [-0.3, -0.25) is 9.59 Å². The number of carbonyl (C=O) groups excluding carboxylic acids is 2. The van der Waals surface area contributed by atoms with Gasteiger partial charge in [-0.1, -0.05) is 36.7 Å². The summed E-state index contributed by atoms with van der Waals surface area (Å²) in [5.41, 5.74) is 0.761. The fourth-order valence-electron chi connectivity index (χ4n) is 1.63. The molecule has 4 nitrogen and oxygen atoms in total. The van der Waals surface area contributed by atoms with Gasteiger partial charge in [0.25, 0.3) is 0 Å². The zero-order valence-corrected chi connectivity index (χ0v) is 12.4. The molecule has 1 aromatic carbocycles. The van der Waals surface area contributed by atoms with Crippen LogP contribution < -0.4 is 0 Å². The zero-order valence-electron chi connectivity index (χ0n) is 11.6. The van der Waals surface area contributed by atoms with Gasteiger partial charge in [-0.2, -0.15) is 0 Å². The number of amides is 1. The Balaban J connectivity index is 2.75. The highest BCUT2D eigenvalue weighted by Crippen LogP contribution is 2.16. The van der Waals surface area contributed by atoms with Crippen molar-refractivity contribution < 1.29 is 14.3 Å². The minimum atomic E-state index is -0.432. The fraction of sp³-hybridized carbons (Fsp3) is 0.333. The van der Waals surface area contributed by atoms with Gasteiger partial charge in [0.2, 0.25) is 5.91 Å². The molecule has 0 aliphatic carbocycles. The van der Waals surface area contributed by atoms with Crippen molar-refractivity contribution in [2.75, 3.05) is 20.2 Å². The summed E-state index contributed by atoms with van der Waals surface area (Å²) >= 11 is 6.00. The summed E-state index contributed by atoms with van der Waals surface area (Å²) in [6.45, 7) is 2.40. The molecule has 0 radical (unpaired) electrons. The van der Waals surface area contributed by atoms with Crippen LogP contribution in [-0.4, -0.2) is 37.0 Å². The molecule has 0 saturated heterocycles. The first kappa shape index (κ1) is 16.2. The number of esters is 1. The van der Waals surface area contributed by atoms with Crippen LogP contribution in [0.2, 0.25) is 5.02 Å². The molecule has 0 heterocycles. The van der Waals surface area contributed by atoms with E-state index >= 15 is 0 Å². The summed E-state index contributed by atoms with van der Waals surface area (Å²) in [6, 6.07) is 7.23.